The van der Waals surface area contributed by atoms with Crippen molar-refractivity contribution in [2.75, 3.05) is 13.2 Å². The van der Waals surface area contributed by atoms with Crippen molar-refractivity contribution in [2.45, 2.75) is 32.1 Å². The number of nitriles is 1. The van der Waals surface area contributed by atoms with E-state index in [2.05, 4.69) is 6.07 Å². The fourth-order valence-corrected chi connectivity index (χ4v) is 3.30. The molecular weight excluding hydrogens is 162 g/mol. The molecule has 0 aromatic rings. The Hall–Kier alpha value is -0.550. The van der Waals surface area contributed by atoms with E-state index in [0.29, 0.717) is 5.41 Å². The average molecular weight is 177 g/mol. The maximum Gasteiger partial charge on any atom is 0.0693 e. The Labute approximate surface area is 78.9 Å². The summed E-state index contributed by atoms with van der Waals surface area (Å²) in [6, 6.07) is 2.58. The Bertz CT molecular complexity index is 262. The van der Waals surface area contributed by atoms with Crippen LogP contribution in [0.5, 0.6) is 0 Å². The molecule has 3 rings (SSSR count). The summed E-state index contributed by atoms with van der Waals surface area (Å²) >= 11 is 0. The van der Waals surface area contributed by atoms with Crippen LogP contribution in [0.25, 0.3) is 0 Å². The Morgan fingerprint density at radius 1 is 1.23 bits per heavy atom. The minimum Gasteiger partial charge on any atom is -0.380 e. The Kier molecular flexibility index (Phi) is 1.37. The first-order chi connectivity index (χ1) is 6.29. The lowest BCUT2D eigenvalue weighted by atomic mass is 9.45. The fraction of sp³-hybridized carbons (Fsp3) is 0.909. The van der Waals surface area contributed by atoms with Crippen molar-refractivity contribution in [3.05, 3.63) is 0 Å². The molecule has 1 saturated heterocycles. The molecule has 2 heteroatoms. The van der Waals surface area contributed by atoms with Crippen LogP contribution in [0, 0.1) is 28.1 Å². The van der Waals surface area contributed by atoms with Gasteiger partial charge in [-0.1, -0.05) is 6.42 Å². The molecule has 3 fully saturated rings. The maximum absolute atomic E-state index is 9.23. The standard InChI is InChI=1S/C11H15NO/c12-6-11(9-2-1-3-9)4-10(5-11)7-13-8-10/h9H,1-5,7-8H2. The molecule has 1 aliphatic heterocycles. The predicted molar refractivity (Wildman–Crippen MR) is 47.9 cm³/mol. The van der Waals surface area contributed by atoms with Crippen LogP contribution >= 0.6 is 0 Å². The molecule has 70 valence electrons. The van der Waals surface area contributed by atoms with Crippen LogP contribution in [0.3, 0.4) is 0 Å². The van der Waals surface area contributed by atoms with Gasteiger partial charge in [-0.3, -0.25) is 0 Å². The van der Waals surface area contributed by atoms with E-state index in [0.717, 1.165) is 32.0 Å². The normalized spacial score (nSPS) is 34.1. The van der Waals surface area contributed by atoms with Gasteiger partial charge in [-0.05, 0) is 31.6 Å². The average Bonchev–Trinajstić information content (AvgIpc) is 1.87. The minimum absolute atomic E-state index is 0.0715. The van der Waals surface area contributed by atoms with Crippen molar-refractivity contribution >= 4 is 0 Å². The molecule has 0 aromatic carbocycles. The third-order valence-electron chi connectivity index (χ3n) is 4.31. The first-order valence-corrected chi connectivity index (χ1v) is 5.28. The van der Waals surface area contributed by atoms with Gasteiger partial charge < -0.3 is 4.74 Å². The molecule has 0 N–H and O–H groups in total. The van der Waals surface area contributed by atoms with Gasteiger partial charge in [-0.25, -0.2) is 0 Å². The highest BCUT2D eigenvalue weighted by atomic mass is 16.5. The summed E-state index contributed by atoms with van der Waals surface area (Å²) in [5.41, 5.74) is 0.521. The number of hydrogen-bond acceptors (Lipinski definition) is 2. The SMILES string of the molecule is N#CC1(C2CCC2)CC2(COC2)C1. The van der Waals surface area contributed by atoms with E-state index in [9.17, 15) is 5.26 Å². The van der Waals surface area contributed by atoms with Crippen molar-refractivity contribution in [2.24, 2.45) is 16.7 Å². The topological polar surface area (TPSA) is 33.0 Å². The molecule has 1 spiro atoms. The highest BCUT2D eigenvalue weighted by Gasteiger charge is 2.62. The maximum atomic E-state index is 9.23. The fourth-order valence-electron chi connectivity index (χ4n) is 3.30. The third-order valence-corrected chi connectivity index (χ3v) is 4.31. The molecule has 2 saturated carbocycles. The quantitative estimate of drug-likeness (QED) is 0.614. The predicted octanol–water partition coefficient (Wildman–Crippen LogP) is 2.11. The number of hydrogen-bond donors (Lipinski definition) is 0. The highest BCUT2D eigenvalue weighted by molar-refractivity contribution is 5.19. The van der Waals surface area contributed by atoms with E-state index in [1.807, 2.05) is 0 Å². The minimum atomic E-state index is 0.0715. The Morgan fingerprint density at radius 2 is 1.92 bits per heavy atom. The van der Waals surface area contributed by atoms with Crippen molar-refractivity contribution in [1.29, 1.82) is 5.26 Å². The van der Waals surface area contributed by atoms with Crippen molar-refractivity contribution in [3.8, 4) is 6.07 Å². The van der Waals surface area contributed by atoms with Gasteiger partial charge in [-0.2, -0.15) is 5.26 Å². The molecule has 1 heterocycles. The van der Waals surface area contributed by atoms with E-state index in [4.69, 9.17) is 4.74 Å². The third kappa shape index (κ3) is 0.862. The van der Waals surface area contributed by atoms with Crippen molar-refractivity contribution < 1.29 is 4.74 Å². The van der Waals surface area contributed by atoms with Gasteiger partial charge in [0.05, 0.1) is 24.7 Å². The second-order valence-electron chi connectivity index (χ2n) is 5.24. The van der Waals surface area contributed by atoms with E-state index in [-0.39, 0.29) is 5.41 Å². The molecule has 0 atom stereocenters. The zero-order valence-electron chi connectivity index (χ0n) is 7.88. The monoisotopic (exact) mass is 177 g/mol. The largest absolute Gasteiger partial charge is 0.380 e. The second kappa shape index (κ2) is 2.27. The highest BCUT2D eigenvalue weighted by Crippen LogP contribution is 2.64. The van der Waals surface area contributed by atoms with Gasteiger partial charge >= 0.3 is 0 Å². The van der Waals surface area contributed by atoms with Crippen LogP contribution in [-0.2, 0) is 4.74 Å². The molecule has 0 unspecified atom stereocenters. The molecule has 0 aromatic heterocycles. The lowest BCUT2D eigenvalue weighted by molar-refractivity contribution is -0.214. The summed E-state index contributed by atoms with van der Waals surface area (Å²) in [5, 5.41) is 9.23. The summed E-state index contributed by atoms with van der Waals surface area (Å²) in [6.45, 7) is 1.84. The van der Waals surface area contributed by atoms with Crippen LogP contribution in [-0.4, -0.2) is 13.2 Å². The number of ether oxygens (including phenoxy) is 1. The van der Waals surface area contributed by atoms with Crippen LogP contribution in [0.15, 0.2) is 0 Å². The van der Waals surface area contributed by atoms with E-state index in [1.165, 1.54) is 19.3 Å². The van der Waals surface area contributed by atoms with Gasteiger partial charge in [-0.15, -0.1) is 0 Å². The molecule has 2 aliphatic carbocycles. The smallest absolute Gasteiger partial charge is 0.0693 e. The summed E-state index contributed by atoms with van der Waals surface area (Å²) in [5.74, 6) is 0.726. The Morgan fingerprint density at radius 3 is 2.23 bits per heavy atom. The molecule has 13 heavy (non-hydrogen) atoms. The lowest BCUT2D eigenvalue weighted by Crippen LogP contribution is -2.60. The van der Waals surface area contributed by atoms with Gasteiger partial charge in [0.15, 0.2) is 0 Å². The molecule has 0 bridgehead atoms. The van der Waals surface area contributed by atoms with Crippen LogP contribution in [0.4, 0.5) is 0 Å². The van der Waals surface area contributed by atoms with E-state index in [1.54, 1.807) is 0 Å². The molecule has 0 amide bonds. The summed E-state index contributed by atoms with van der Waals surface area (Å²) in [6.07, 6.45) is 6.19. The first-order valence-electron chi connectivity index (χ1n) is 5.28. The van der Waals surface area contributed by atoms with Crippen molar-refractivity contribution in [1.82, 2.24) is 0 Å². The number of nitrogens with zero attached hydrogens (tertiary/aromatic N) is 1. The van der Waals surface area contributed by atoms with Gasteiger partial charge in [0.25, 0.3) is 0 Å². The van der Waals surface area contributed by atoms with E-state index < -0.39 is 0 Å². The van der Waals surface area contributed by atoms with Crippen LogP contribution in [0.1, 0.15) is 32.1 Å². The van der Waals surface area contributed by atoms with Gasteiger partial charge in [0.1, 0.15) is 0 Å². The van der Waals surface area contributed by atoms with Crippen LogP contribution < -0.4 is 0 Å². The zero-order chi connectivity index (χ0) is 8.94. The summed E-state index contributed by atoms with van der Waals surface area (Å²) in [7, 11) is 0. The van der Waals surface area contributed by atoms with Gasteiger partial charge in [0, 0.05) is 5.41 Å². The molecular formula is C11H15NO. The van der Waals surface area contributed by atoms with Gasteiger partial charge in [0.2, 0.25) is 0 Å². The molecule has 2 nitrogen and oxygen atoms in total. The second-order valence-corrected chi connectivity index (χ2v) is 5.24. The zero-order valence-corrected chi connectivity index (χ0v) is 7.88. The van der Waals surface area contributed by atoms with Crippen molar-refractivity contribution in [3.63, 3.8) is 0 Å². The Balaban J connectivity index is 1.72. The molecule has 0 radical (unpaired) electrons. The lowest BCUT2D eigenvalue weighted by Gasteiger charge is -2.61. The summed E-state index contributed by atoms with van der Waals surface area (Å²) in [4.78, 5) is 0. The number of rotatable bonds is 1. The molecule has 3 aliphatic rings. The van der Waals surface area contributed by atoms with Crippen LogP contribution in [0.2, 0.25) is 0 Å². The first kappa shape index (κ1) is 7.82. The summed E-state index contributed by atoms with van der Waals surface area (Å²) < 4.78 is 5.24. The van der Waals surface area contributed by atoms with E-state index >= 15 is 0 Å².